The fourth-order valence-corrected chi connectivity index (χ4v) is 2.30. The average molecular weight is 293 g/mol. The van der Waals surface area contributed by atoms with Gasteiger partial charge in [0.05, 0.1) is 0 Å². The molecule has 0 radical (unpaired) electrons. The van der Waals surface area contributed by atoms with Crippen LogP contribution < -0.4 is 20.9 Å². The molecule has 1 saturated heterocycles. The summed E-state index contributed by atoms with van der Waals surface area (Å²) in [4.78, 5) is 28.5. The molecule has 8 nitrogen and oxygen atoms in total. The van der Waals surface area contributed by atoms with Crippen LogP contribution in [0.3, 0.4) is 0 Å². The smallest absolute Gasteiger partial charge is 0.240 e. The third-order valence-electron chi connectivity index (χ3n) is 3.38. The predicted octanol–water partition coefficient (Wildman–Crippen LogP) is 0.214. The first kappa shape index (κ1) is 15.3. The number of amides is 1. The number of rotatable bonds is 6. The van der Waals surface area contributed by atoms with Crippen LogP contribution in [-0.4, -0.2) is 54.1 Å². The molecule has 0 saturated carbocycles. The van der Waals surface area contributed by atoms with Crippen molar-refractivity contribution in [2.45, 2.75) is 32.2 Å². The summed E-state index contributed by atoms with van der Waals surface area (Å²) in [6, 6.07) is -0.332. The molecule has 1 aliphatic rings. The highest BCUT2D eigenvalue weighted by Crippen LogP contribution is 2.24. The zero-order valence-corrected chi connectivity index (χ0v) is 12.8. The van der Waals surface area contributed by atoms with Gasteiger partial charge in [-0.1, -0.05) is 6.92 Å². The van der Waals surface area contributed by atoms with Crippen LogP contribution in [0.25, 0.3) is 0 Å². The molecule has 21 heavy (non-hydrogen) atoms. The number of hydrogen-bond acceptors (Lipinski definition) is 7. The zero-order chi connectivity index (χ0) is 15.4. The molecule has 2 heterocycles. The van der Waals surface area contributed by atoms with Crippen molar-refractivity contribution in [3.8, 4) is 0 Å². The van der Waals surface area contributed by atoms with Gasteiger partial charge in [-0.25, -0.2) is 0 Å². The van der Waals surface area contributed by atoms with E-state index < -0.39 is 0 Å². The molecule has 0 bridgehead atoms. The molecular weight excluding hydrogens is 270 g/mol. The molecule has 0 aliphatic carbocycles. The van der Waals surface area contributed by atoms with Crippen LogP contribution in [0.1, 0.15) is 26.2 Å². The third-order valence-corrected chi connectivity index (χ3v) is 3.38. The Bertz CT molecular complexity index is 505. The van der Waals surface area contributed by atoms with Gasteiger partial charge in [0.2, 0.25) is 23.8 Å². The third kappa shape index (κ3) is 3.50. The monoisotopic (exact) mass is 293 g/mol. The number of aromatic nitrogens is 3. The Balaban J connectivity index is 2.32. The van der Waals surface area contributed by atoms with Crippen LogP contribution in [0.5, 0.6) is 0 Å². The molecule has 0 aromatic carbocycles. The van der Waals surface area contributed by atoms with Crippen molar-refractivity contribution >= 4 is 23.8 Å². The summed E-state index contributed by atoms with van der Waals surface area (Å²) in [6.07, 6.45) is 2.64. The van der Waals surface area contributed by atoms with E-state index in [0.29, 0.717) is 17.8 Å². The number of carbonyl (C=O) groups is 1. The molecule has 1 atom stereocenters. The lowest BCUT2D eigenvalue weighted by molar-refractivity contribution is -0.119. The molecule has 1 unspecified atom stereocenters. The highest BCUT2D eigenvalue weighted by Gasteiger charge is 2.31. The van der Waals surface area contributed by atoms with Crippen molar-refractivity contribution in [3.63, 3.8) is 0 Å². The largest absolute Gasteiger partial charge is 0.368 e. The second-order valence-corrected chi connectivity index (χ2v) is 5.33. The number of anilines is 3. The van der Waals surface area contributed by atoms with E-state index in [1.807, 2.05) is 23.9 Å². The molecular formula is C13H23N7O. The fourth-order valence-electron chi connectivity index (χ4n) is 2.30. The number of nitrogens with zero attached hydrogens (tertiary/aromatic N) is 5. The van der Waals surface area contributed by atoms with Crippen LogP contribution in [0.2, 0.25) is 0 Å². The lowest BCUT2D eigenvalue weighted by Gasteiger charge is -2.23. The Kier molecular flexibility index (Phi) is 4.77. The molecule has 1 aromatic rings. The number of nitrogens with two attached hydrogens (primary N) is 1. The van der Waals surface area contributed by atoms with Gasteiger partial charge < -0.3 is 20.9 Å². The lowest BCUT2D eigenvalue weighted by atomic mass is 10.2. The normalized spacial score (nSPS) is 17.9. The number of nitrogens with one attached hydrogen (secondary N) is 1. The van der Waals surface area contributed by atoms with Crippen molar-refractivity contribution in [1.29, 1.82) is 0 Å². The van der Waals surface area contributed by atoms with Gasteiger partial charge in [-0.3, -0.25) is 4.79 Å². The predicted molar refractivity (Wildman–Crippen MR) is 82.5 cm³/mol. The Morgan fingerprint density at radius 1 is 1.43 bits per heavy atom. The Morgan fingerprint density at radius 3 is 2.81 bits per heavy atom. The SMILES string of the molecule is CCCNc1nc(N(C)C)nc(N2CCCC2C(N)=O)n1. The molecule has 116 valence electrons. The molecule has 8 heteroatoms. The molecule has 1 aromatic heterocycles. The standard InChI is InChI=1S/C13H23N7O/c1-4-7-15-11-16-12(19(2)3)18-13(17-11)20-8-5-6-9(20)10(14)21/h9H,4-8H2,1-3H3,(H2,14,21)(H,15,16,17,18). The van der Waals surface area contributed by atoms with E-state index in [0.717, 1.165) is 32.4 Å². The van der Waals surface area contributed by atoms with E-state index in [1.165, 1.54) is 0 Å². The van der Waals surface area contributed by atoms with Crippen molar-refractivity contribution in [2.75, 3.05) is 42.3 Å². The average Bonchev–Trinajstić information content (AvgIpc) is 2.94. The Morgan fingerprint density at radius 2 is 2.19 bits per heavy atom. The van der Waals surface area contributed by atoms with Gasteiger partial charge >= 0.3 is 0 Å². The van der Waals surface area contributed by atoms with Gasteiger partial charge in [0, 0.05) is 27.2 Å². The fraction of sp³-hybridized carbons (Fsp3) is 0.692. The van der Waals surface area contributed by atoms with Crippen LogP contribution >= 0.6 is 0 Å². The lowest BCUT2D eigenvalue weighted by Crippen LogP contribution is -2.41. The quantitative estimate of drug-likeness (QED) is 0.773. The number of hydrogen-bond donors (Lipinski definition) is 2. The summed E-state index contributed by atoms with van der Waals surface area (Å²) < 4.78 is 0. The van der Waals surface area contributed by atoms with E-state index >= 15 is 0 Å². The van der Waals surface area contributed by atoms with Crippen molar-refractivity contribution in [3.05, 3.63) is 0 Å². The van der Waals surface area contributed by atoms with Gasteiger partial charge in [-0.2, -0.15) is 15.0 Å². The van der Waals surface area contributed by atoms with Gasteiger partial charge in [-0.05, 0) is 19.3 Å². The molecule has 1 amide bonds. The van der Waals surface area contributed by atoms with Gasteiger partial charge in [0.15, 0.2) is 0 Å². The first-order valence-electron chi connectivity index (χ1n) is 7.26. The maximum Gasteiger partial charge on any atom is 0.240 e. The van der Waals surface area contributed by atoms with Crippen LogP contribution in [-0.2, 0) is 4.79 Å². The second-order valence-electron chi connectivity index (χ2n) is 5.33. The second kappa shape index (κ2) is 6.55. The molecule has 2 rings (SSSR count). The minimum Gasteiger partial charge on any atom is -0.368 e. The minimum atomic E-state index is -0.332. The van der Waals surface area contributed by atoms with E-state index in [-0.39, 0.29) is 11.9 Å². The molecule has 1 aliphatic heterocycles. The molecule has 3 N–H and O–H groups in total. The van der Waals surface area contributed by atoms with Gasteiger partial charge in [-0.15, -0.1) is 0 Å². The van der Waals surface area contributed by atoms with Crippen molar-refractivity contribution in [2.24, 2.45) is 5.73 Å². The van der Waals surface area contributed by atoms with Crippen molar-refractivity contribution < 1.29 is 4.79 Å². The summed E-state index contributed by atoms with van der Waals surface area (Å²) >= 11 is 0. The number of carbonyl (C=O) groups excluding carboxylic acids is 1. The summed E-state index contributed by atoms with van der Waals surface area (Å²) in [5.74, 6) is 1.27. The van der Waals surface area contributed by atoms with Gasteiger partial charge in [0.1, 0.15) is 6.04 Å². The van der Waals surface area contributed by atoms with Crippen LogP contribution in [0.15, 0.2) is 0 Å². The van der Waals surface area contributed by atoms with Crippen LogP contribution in [0.4, 0.5) is 17.8 Å². The van der Waals surface area contributed by atoms with E-state index in [9.17, 15) is 4.79 Å². The topological polar surface area (TPSA) is 100 Å². The molecule has 0 spiro atoms. The summed E-state index contributed by atoms with van der Waals surface area (Å²) in [7, 11) is 3.75. The highest BCUT2D eigenvalue weighted by atomic mass is 16.1. The first-order valence-corrected chi connectivity index (χ1v) is 7.26. The van der Waals surface area contributed by atoms with Gasteiger partial charge in [0.25, 0.3) is 0 Å². The van der Waals surface area contributed by atoms with E-state index in [2.05, 4.69) is 27.2 Å². The Labute approximate surface area is 124 Å². The summed E-state index contributed by atoms with van der Waals surface area (Å²) in [6.45, 7) is 3.60. The van der Waals surface area contributed by atoms with E-state index in [1.54, 1.807) is 0 Å². The summed E-state index contributed by atoms with van der Waals surface area (Å²) in [5.41, 5.74) is 5.46. The Hall–Kier alpha value is -2.12. The van der Waals surface area contributed by atoms with Crippen LogP contribution in [0, 0.1) is 0 Å². The maximum atomic E-state index is 11.5. The maximum absolute atomic E-state index is 11.5. The zero-order valence-electron chi connectivity index (χ0n) is 12.8. The first-order chi connectivity index (χ1) is 10.0. The molecule has 1 fully saturated rings. The number of primary amides is 1. The van der Waals surface area contributed by atoms with E-state index in [4.69, 9.17) is 5.73 Å². The highest BCUT2D eigenvalue weighted by molar-refractivity contribution is 5.83. The van der Waals surface area contributed by atoms with Crippen molar-refractivity contribution in [1.82, 2.24) is 15.0 Å². The minimum absolute atomic E-state index is 0.331. The summed E-state index contributed by atoms with van der Waals surface area (Å²) in [5, 5.41) is 3.17.